The first-order chi connectivity index (χ1) is 8.70. The largest absolute Gasteiger partial charge is 0.397 e. The SMILES string of the molecule is COCc1ccccc1Nc1cc(C)ccc1N. The molecule has 0 spiro atoms. The molecule has 0 unspecified atom stereocenters. The van der Waals surface area contributed by atoms with Gasteiger partial charge in [-0.3, -0.25) is 0 Å². The quantitative estimate of drug-likeness (QED) is 0.807. The van der Waals surface area contributed by atoms with E-state index >= 15 is 0 Å². The lowest BCUT2D eigenvalue weighted by Crippen LogP contribution is -2.00. The second kappa shape index (κ2) is 5.56. The highest BCUT2D eigenvalue weighted by Crippen LogP contribution is 2.26. The Hall–Kier alpha value is -2.00. The zero-order valence-electron chi connectivity index (χ0n) is 10.7. The molecule has 0 aromatic heterocycles. The molecule has 0 fully saturated rings. The maximum atomic E-state index is 5.97. The normalized spacial score (nSPS) is 10.3. The monoisotopic (exact) mass is 242 g/mol. The summed E-state index contributed by atoms with van der Waals surface area (Å²) in [5, 5.41) is 3.36. The number of hydrogen-bond acceptors (Lipinski definition) is 3. The van der Waals surface area contributed by atoms with Crippen LogP contribution in [-0.2, 0) is 11.3 Å². The molecule has 0 radical (unpaired) electrons. The average Bonchev–Trinajstić information content (AvgIpc) is 2.36. The molecule has 0 bridgehead atoms. The number of anilines is 3. The number of ether oxygens (including phenoxy) is 1. The number of methoxy groups -OCH3 is 1. The number of nitrogens with two attached hydrogens (primary N) is 1. The summed E-state index contributed by atoms with van der Waals surface area (Å²) in [6.45, 7) is 2.63. The van der Waals surface area contributed by atoms with Crippen molar-refractivity contribution in [2.24, 2.45) is 0 Å². The molecule has 0 amide bonds. The predicted molar refractivity (Wildman–Crippen MR) is 76.0 cm³/mol. The van der Waals surface area contributed by atoms with Crippen molar-refractivity contribution >= 4 is 17.1 Å². The van der Waals surface area contributed by atoms with Crippen LogP contribution in [0.1, 0.15) is 11.1 Å². The molecule has 2 aromatic rings. The minimum Gasteiger partial charge on any atom is -0.397 e. The van der Waals surface area contributed by atoms with Crippen molar-refractivity contribution in [1.29, 1.82) is 0 Å². The molecule has 0 saturated heterocycles. The summed E-state index contributed by atoms with van der Waals surface area (Å²) in [4.78, 5) is 0. The van der Waals surface area contributed by atoms with E-state index in [1.54, 1.807) is 7.11 Å². The van der Waals surface area contributed by atoms with Crippen molar-refractivity contribution in [3.63, 3.8) is 0 Å². The number of rotatable bonds is 4. The second-order valence-corrected chi connectivity index (χ2v) is 4.31. The molecule has 0 saturated carbocycles. The fourth-order valence-electron chi connectivity index (χ4n) is 1.85. The van der Waals surface area contributed by atoms with Gasteiger partial charge in [0.15, 0.2) is 0 Å². The van der Waals surface area contributed by atoms with Gasteiger partial charge in [0.25, 0.3) is 0 Å². The first-order valence-corrected chi connectivity index (χ1v) is 5.90. The number of nitrogen functional groups attached to an aromatic ring is 1. The predicted octanol–water partition coefficient (Wildman–Crippen LogP) is 3.47. The molecule has 2 rings (SSSR count). The van der Waals surface area contributed by atoms with Gasteiger partial charge in [-0.15, -0.1) is 0 Å². The Morgan fingerprint density at radius 2 is 1.89 bits per heavy atom. The van der Waals surface area contributed by atoms with Crippen LogP contribution in [0.25, 0.3) is 0 Å². The zero-order valence-corrected chi connectivity index (χ0v) is 10.7. The van der Waals surface area contributed by atoms with Gasteiger partial charge in [-0.05, 0) is 30.7 Å². The third-order valence-electron chi connectivity index (χ3n) is 2.80. The summed E-state index contributed by atoms with van der Waals surface area (Å²) >= 11 is 0. The third-order valence-corrected chi connectivity index (χ3v) is 2.80. The molecule has 0 aliphatic rings. The number of hydrogen-bond donors (Lipinski definition) is 2. The van der Waals surface area contributed by atoms with E-state index in [-0.39, 0.29) is 0 Å². The van der Waals surface area contributed by atoms with Gasteiger partial charge in [0.1, 0.15) is 0 Å². The van der Waals surface area contributed by atoms with Crippen LogP contribution in [0.5, 0.6) is 0 Å². The second-order valence-electron chi connectivity index (χ2n) is 4.31. The Morgan fingerprint density at radius 3 is 2.67 bits per heavy atom. The molecule has 2 aromatic carbocycles. The van der Waals surface area contributed by atoms with Crippen LogP contribution >= 0.6 is 0 Å². The summed E-state index contributed by atoms with van der Waals surface area (Å²) in [5.74, 6) is 0. The third kappa shape index (κ3) is 2.81. The van der Waals surface area contributed by atoms with Gasteiger partial charge in [0.05, 0.1) is 18.0 Å². The molecule has 0 heterocycles. The minimum atomic E-state index is 0.578. The van der Waals surface area contributed by atoms with Gasteiger partial charge < -0.3 is 15.8 Å². The summed E-state index contributed by atoms with van der Waals surface area (Å²) in [6.07, 6.45) is 0. The summed E-state index contributed by atoms with van der Waals surface area (Å²) in [6, 6.07) is 14.0. The molecule has 3 heteroatoms. The summed E-state index contributed by atoms with van der Waals surface area (Å²) in [7, 11) is 1.69. The van der Waals surface area contributed by atoms with Gasteiger partial charge in [-0.1, -0.05) is 24.3 Å². The Morgan fingerprint density at radius 1 is 1.11 bits per heavy atom. The van der Waals surface area contributed by atoms with Crippen molar-refractivity contribution < 1.29 is 4.74 Å². The Bertz CT molecular complexity index is 538. The van der Waals surface area contributed by atoms with E-state index in [4.69, 9.17) is 10.5 Å². The van der Waals surface area contributed by atoms with Crippen LogP contribution in [0.3, 0.4) is 0 Å². The standard InChI is InChI=1S/C15H18N2O/c1-11-7-8-13(16)15(9-11)17-14-6-4-3-5-12(14)10-18-2/h3-9,17H,10,16H2,1-2H3. The highest BCUT2D eigenvalue weighted by Gasteiger charge is 2.04. The van der Waals surface area contributed by atoms with Crippen LogP contribution in [0.15, 0.2) is 42.5 Å². The molecular weight excluding hydrogens is 224 g/mol. The Balaban J connectivity index is 2.30. The maximum Gasteiger partial charge on any atom is 0.0733 e. The number of benzene rings is 2. The highest BCUT2D eigenvalue weighted by atomic mass is 16.5. The van der Waals surface area contributed by atoms with Crippen molar-refractivity contribution in [3.05, 3.63) is 53.6 Å². The summed E-state index contributed by atoms with van der Waals surface area (Å²) in [5.41, 5.74) is 11.0. The molecule has 0 aliphatic heterocycles. The van der Waals surface area contributed by atoms with Gasteiger partial charge in [-0.25, -0.2) is 0 Å². The molecular formula is C15H18N2O. The molecule has 3 nitrogen and oxygen atoms in total. The molecule has 18 heavy (non-hydrogen) atoms. The first kappa shape index (κ1) is 12.5. The smallest absolute Gasteiger partial charge is 0.0733 e. The number of aryl methyl sites for hydroxylation is 1. The Labute approximate surface area is 108 Å². The van der Waals surface area contributed by atoms with Crippen LogP contribution in [0, 0.1) is 6.92 Å². The maximum absolute atomic E-state index is 5.97. The van der Waals surface area contributed by atoms with Crippen LogP contribution in [0.2, 0.25) is 0 Å². The lowest BCUT2D eigenvalue weighted by molar-refractivity contribution is 0.185. The molecule has 3 N–H and O–H groups in total. The Kier molecular flexibility index (Phi) is 3.85. The molecule has 0 atom stereocenters. The van der Waals surface area contributed by atoms with E-state index in [0.717, 1.165) is 22.6 Å². The van der Waals surface area contributed by atoms with E-state index in [2.05, 4.69) is 5.32 Å². The minimum absolute atomic E-state index is 0.578. The van der Waals surface area contributed by atoms with Crippen LogP contribution < -0.4 is 11.1 Å². The van der Waals surface area contributed by atoms with Gasteiger partial charge in [0.2, 0.25) is 0 Å². The fourth-order valence-corrected chi connectivity index (χ4v) is 1.85. The van der Waals surface area contributed by atoms with Gasteiger partial charge in [0, 0.05) is 18.4 Å². The van der Waals surface area contributed by atoms with Crippen molar-refractivity contribution in [2.45, 2.75) is 13.5 Å². The van der Waals surface area contributed by atoms with E-state index in [9.17, 15) is 0 Å². The van der Waals surface area contributed by atoms with Crippen molar-refractivity contribution in [1.82, 2.24) is 0 Å². The van der Waals surface area contributed by atoms with Crippen LogP contribution in [0.4, 0.5) is 17.1 Å². The zero-order chi connectivity index (χ0) is 13.0. The lowest BCUT2D eigenvalue weighted by atomic mass is 10.1. The van der Waals surface area contributed by atoms with E-state index in [1.807, 2.05) is 49.4 Å². The van der Waals surface area contributed by atoms with Crippen molar-refractivity contribution in [2.75, 3.05) is 18.2 Å². The van der Waals surface area contributed by atoms with Gasteiger partial charge >= 0.3 is 0 Å². The first-order valence-electron chi connectivity index (χ1n) is 5.90. The molecule has 94 valence electrons. The van der Waals surface area contributed by atoms with E-state index in [0.29, 0.717) is 6.61 Å². The fraction of sp³-hybridized carbons (Fsp3) is 0.200. The van der Waals surface area contributed by atoms with E-state index < -0.39 is 0 Å². The van der Waals surface area contributed by atoms with Gasteiger partial charge in [-0.2, -0.15) is 0 Å². The van der Waals surface area contributed by atoms with Crippen LogP contribution in [-0.4, -0.2) is 7.11 Å². The highest BCUT2D eigenvalue weighted by molar-refractivity contribution is 5.74. The van der Waals surface area contributed by atoms with Crippen molar-refractivity contribution in [3.8, 4) is 0 Å². The van der Waals surface area contributed by atoms with E-state index in [1.165, 1.54) is 5.56 Å². The number of nitrogens with one attached hydrogen (secondary N) is 1. The topological polar surface area (TPSA) is 47.3 Å². The number of para-hydroxylation sites is 1. The summed E-state index contributed by atoms with van der Waals surface area (Å²) < 4.78 is 5.19. The lowest BCUT2D eigenvalue weighted by Gasteiger charge is -2.13. The average molecular weight is 242 g/mol. The molecule has 0 aliphatic carbocycles.